The van der Waals surface area contributed by atoms with Crippen molar-refractivity contribution in [1.29, 1.82) is 0 Å². The summed E-state index contributed by atoms with van der Waals surface area (Å²) in [6.45, 7) is 1.26. The lowest BCUT2D eigenvalue weighted by Gasteiger charge is -2.19. The van der Waals surface area contributed by atoms with Gasteiger partial charge in [-0.15, -0.1) is 0 Å². The molecule has 1 aromatic carbocycles. The third-order valence-corrected chi connectivity index (χ3v) is 4.18. The topological polar surface area (TPSA) is 63.2 Å². The normalized spacial score (nSPS) is 20.2. The predicted molar refractivity (Wildman–Crippen MR) is 89.5 cm³/mol. The maximum Gasteiger partial charge on any atom is 0.319 e. The van der Waals surface area contributed by atoms with E-state index >= 15 is 0 Å². The van der Waals surface area contributed by atoms with Crippen LogP contribution in [0.1, 0.15) is 18.1 Å². The minimum Gasteiger partial charge on any atom is -0.373 e. The van der Waals surface area contributed by atoms with Crippen LogP contribution >= 0.6 is 11.6 Å². The first-order chi connectivity index (χ1) is 11.2. The van der Waals surface area contributed by atoms with Gasteiger partial charge in [-0.1, -0.05) is 41.9 Å². The van der Waals surface area contributed by atoms with E-state index < -0.39 is 0 Å². The van der Waals surface area contributed by atoms with Gasteiger partial charge in [0.1, 0.15) is 0 Å². The summed E-state index contributed by atoms with van der Waals surface area (Å²) in [5.74, 6) is 0.257. The number of anilines is 1. The number of ether oxygens (including phenoxy) is 1. The van der Waals surface area contributed by atoms with Crippen LogP contribution in [0, 0.1) is 5.92 Å². The fraction of sp³-hybridized carbons (Fsp3) is 0.294. The second-order valence-electron chi connectivity index (χ2n) is 5.43. The lowest BCUT2D eigenvalue weighted by molar-refractivity contribution is 0.0911. The molecule has 0 saturated carbocycles. The summed E-state index contributed by atoms with van der Waals surface area (Å²) >= 11 is 5.93. The highest BCUT2D eigenvalue weighted by Gasteiger charge is 2.29. The molecule has 1 aliphatic rings. The van der Waals surface area contributed by atoms with Gasteiger partial charge < -0.3 is 15.4 Å². The second-order valence-corrected chi connectivity index (χ2v) is 5.79. The fourth-order valence-electron chi connectivity index (χ4n) is 2.72. The Morgan fingerprint density at radius 3 is 2.87 bits per heavy atom. The molecule has 2 heterocycles. The summed E-state index contributed by atoms with van der Waals surface area (Å²) in [4.78, 5) is 15.9. The molecular formula is C17H18ClN3O2. The van der Waals surface area contributed by atoms with Crippen molar-refractivity contribution < 1.29 is 9.53 Å². The summed E-state index contributed by atoms with van der Waals surface area (Å²) in [5.41, 5.74) is 1.64. The highest BCUT2D eigenvalue weighted by Crippen LogP contribution is 2.33. The Balaban J connectivity index is 1.55. The van der Waals surface area contributed by atoms with Gasteiger partial charge >= 0.3 is 6.03 Å². The summed E-state index contributed by atoms with van der Waals surface area (Å²) < 4.78 is 5.82. The van der Waals surface area contributed by atoms with Gasteiger partial charge in [0, 0.05) is 25.3 Å². The number of nitrogens with zero attached hydrogens (tertiary/aromatic N) is 1. The fourth-order valence-corrected chi connectivity index (χ4v) is 2.89. The molecule has 0 radical (unpaired) electrons. The maximum absolute atomic E-state index is 12.0. The van der Waals surface area contributed by atoms with E-state index in [1.165, 1.54) is 0 Å². The van der Waals surface area contributed by atoms with Crippen LogP contribution in [-0.2, 0) is 4.74 Å². The molecule has 0 bridgehead atoms. The second kappa shape index (κ2) is 7.44. The molecule has 2 atom stereocenters. The van der Waals surface area contributed by atoms with Crippen LogP contribution in [0.25, 0.3) is 0 Å². The summed E-state index contributed by atoms with van der Waals surface area (Å²) in [7, 11) is 0. The van der Waals surface area contributed by atoms with Crippen molar-refractivity contribution in [3.8, 4) is 0 Å². The minimum atomic E-state index is -0.293. The number of rotatable bonds is 4. The number of hydrogen-bond donors (Lipinski definition) is 2. The molecule has 0 unspecified atom stereocenters. The smallest absolute Gasteiger partial charge is 0.319 e. The monoisotopic (exact) mass is 331 g/mol. The van der Waals surface area contributed by atoms with Crippen molar-refractivity contribution in [2.45, 2.75) is 12.5 Å². The Labute approximate surface area is 140 Å². The molecule has 1 aromatic heterocycles. The van der Waals surface area contributed by atoms with Crippen molar-refractivity contribution in [3.05, 3.63) is 59.4 Å². The van der Waals surface area contributed by atoms with Crippen molar-refractivity contribution in [2.75, 3.05) is 18.5 Å². The molecule has 120 valence electrons. The van der Waals surface area contributed by atoms with Crippen molar-refractivity contribution in [3.63, 3.8) is 0 Å². The first-order valence-electron chi connectivity index (χ1n) is 7.56. The van der Waals surface area contributed by atoms with E-state index in [-0.39, 0.29) is 23.2 Å². The molecule has 0 spiro atoms. The zero-order chi connectivity index (χ0) is 16.1. The first kappa shape index (κ1) is 15.8. The molecule has 1 aliphatic heterocycles. The number of hydrogen-bond acceptors (Lipinski definition) is 3. The Kier molecular flexibility index (Phi) is 5.10. The minimum absolute atomic E-state index is 0.0264. The van der Waals surface area contributed by atoms with E-state index in [0.717, 1.165) is 12.0 Å². The number of halogens is 1. The van der Waals surface area contributed by atoms with Crippen LogP contribution in [0.2, 0.25) is 5.15 Å². The largest absolute Gasteiger partial charge is 0.373 e. The van der Waals surface area contributed by atoms with Gasteiger partial charge in [0.05, 0.1) is 11.8 Å². The Morgan fingerprint density at radius 1 is 1.26 bits per heavy atom. The number of carbonyl (C=O) groups is 1. The maximum atomic E-state index is 12.0. The number of nitrogens with one attached hydrogen (secondary N) is 2. The summed E-state index contributed by atoms with van der Waals surface area (Å²) in [5, 5.41) is 5.86. The molecule has 2 aromatic rings. The number of carbonyl (C=O) groups excluding carboxylic acids is 1. The van der Waals surface area contributed by atoms with Crippen LogP contribution in [0.15, 0.2) is 48.7 Å². The van der Waals surface area contributed by atoms with E-state index in [4.69, 9.17) is 16.3 Å². The van der Waals surface area contributed by atoms with Crippen LogP contribution in [0.4, 0.5) is 10.5 Å². The number of urea groups is 1. The number of benzene rings is 1. The highest BCUT2D eigenvalue weighted by atomic mass is 35.5. The lowest BCUT2D eigenvalue weighted by atomic mass is 9.95. The van der Waals surface area contributed by atoms with E-state index in [1.807, 2.05) is 18.2 Å². The molecular weight excluding hydrogens is 314 g/mol. The van der Waals surface area contributed by atoms with Gasteiger partial charge in [-0.05, 0) is 24.1 Å². The van der Waals surface area contributed by atoms with Crippen molar-refractivity contribution in [1.82, 2.24) is 10.3 Å². The molecule has 6 heteroatoms. The van der Waals surface area contributed by atoms with E-state index in [1.54, 1.807) is 18.3 Å². The Morgan fingerprint density at radius 2 is 2.09 bits per heavy atom. The van der Waals surface area contributed by atoms with Crippen LogP contribution in [0.3, 0.4) is 0 Å². The molecule has 0 aliphatic carbocycles. The zero-order valence-electron chi connectivity index (χ0n) is 12.5. The third kappa shape index (κ3) is 4.00. The zero-order valence-corrected chi connectivity index (χ0v) is 13.3. The SMILES string of the molecule is O=C(NC[C@H]1CCO[C@H]1c1ccccc1)Nc1cccnc1Cl. The van der Waals surface area contributed by atoms with E-state index in [2.05, 4.69) is 27.8 Å². The number of amides is 2. The molecule has 2 N–H and O–H groups in total. The summed E-state index contributed by atoms with van der Waals surface area (Å²) in [6, 6.07) is 13.2. The Bertz CT molecular complexity index is 666. The molecule has 2 amide bonds. The molecule has 5 nitrogen and oxygen atoms in total. The van der Waals surface area contributed by atoms with Gasteiger partial charge in [0.15, 0.2) is 5.15 Å². The van der Waals surface area contributed by atoms with Crippen molar-refractivity contribution >= 4 is 23.3 Å². The third-order valence-electron chi connectivity index (χ3n) is 3.87. The van der Waals surface area contributed by atoms with Gasteiger partial charge in [0.25, 0.3) is 0 Å². The van der Waals surface area contributed by atoms with E-state index in [0.29, 0.717) is 18.8 Å². The van der Waals surface area contributed by atoms with Crippen molar-refractivity contribution in [2.24, 2.45) is 5.92 Å². The van der Waals surface area contributed by atoms with Gasteiger partial charge in [0.2, 0.25) is 0 Å². The average Bonchev–Trinajstić information content (AvgIpc) is 3.04. The van der Waals surface area contributed by atoms with Gasteiger partial charge in [-0.3, -0.25) is 0 Å². The predicted octanol–water partition coefficient (Wildman–Crippen LogP) is 3.63. The van der Waals surface area contributed by atoms with Gasteiger partial charge in [-0.2, -0.15) is 0 Å². The van der Waals surface area contributed by atoms with Crippen LogP contribution in [0.5, 0.6) is 0 Å². The number of pyridine rings is 1. The average molecular weight is 332 g/mol. The molecule has 3 rings (SSSR count). The van der Waals surface area contributed by atoms with Crippen LogP contribution in [-0.4, -0.2) is 24.2 Å². The molecule has 1 fully saturated rings. The Hall–Kier alpha value is -2.11. The summed E-state index contributed by atoms with van der Waals surface area (Å²) in [6.07, 6.45) is 2.53. The van der Waals surface area contributed by atoms with Crippen LogP contribution < -0.4 is 10.6 Å². The lowest BCUT2D eigenvalue weighted by Crippen LogP contribution is -2.34. The standard InChI is InChI=1S/C17H18ClN3O2/c18-16-14(7-4-9-19-16)21-17(22)20-11-13-8-10-23-15(13)12-5-2-1-3-6-12/h1-7,9,13,15H,8,10-11H2,(H2,20,21,22)/t13-,15+/m1/s1. The van der Waals surface area contributed by atoms with Gasteiger partial charge in [-0.25, -0.2) is 9.78 Å². The quantitative estimate of drug-likeness (QED) is 0.841. The van der Waals surface area contributed by atoms with E-state index in [9.17, 15) is 4.79 Å². The molecule has 23 heavy (non-hydrogen) atoms. The number of aromatic nitrogens is 1. The molecule has 1 saturated heterocycles. The first-order valence-corrected chi connectivity index (χ1v) is 7.94. The highest BCUT2D eigenvalue weighted by molar-refractivity contribution is 6.32.